The Kier molecular flexibility index (Phi) is 26.4. The fraction of sp³-hybridized carbons (Fsp3) is 0.557. The van der Waals surface area contributed by atoms with Crippen LogP contribution < -0.4 is 47.7 Å². The summed E-state index contributed by atoms with van der Waals surface area (Å²) in [6, 6.07) is 11.2. The Labute approximate surface area is 549 Å². The highest BCUT2D eigenvalue weighted by molar-refractivity contribution is 5.96. The monoisotopic (exact) mass is 1350 g/mol. The van der Waals surface area contributed by atoms with E-state index in [1.54, 1.807) is 49.4 Å². The van der Waals surface area contributed by atoms with Crippen molar-refractivity contribution in [3.8, 4) is 5.75 Å². The van der Waals surface area contributed by atoms with Gasteiger partial charge in [0.2, 0.25) is 36.2 Å². The van der Waals surface area contributed by atoms with Crippen molar-refractivity contribution in [3.05, 3.63) is 108 Å². The molecule has 24 N–H and O–H groups in total. The molecule has 5 saturated heterocycles. The van der Waals surface area contributed by atoms with Crippen molar-refractivity contribution < 1.29 is 119 Å². The molecule has 5 aliphatic heterocycles. The fourth-order valence-electron chi connectivity index (χ4n) is 11.5. The van der Waals surface area contributed by atoms with Crippen LogP contribution in [0.4, 0.5) is 0 Å². The number of rotatable bonds is 30. The highest BCUT2D eigenvalue weighted by atomic mass is 16.7. The first kappa shape index (κ1) is 74.3. The minimum atomic E-state index is -2.29. The van der Waals surface area contributed by atoms with Gasteiger partial charge < -0.3 is 143 Å². The molecule has 35 nitrogen and oxygen atoms in total. The summed E-state index contributed by atoms with van der Waals surface area (Å²) in [5, 5.41) is 176. The Morgan fingerprint density at radius 1 is 0.688 bits per heavy atom. The first-order valence-electron chi connectivity index (χ1n) is 30.8. The first-order chi connectivity index (χ1) is 45.9. The number of nitrogens with two attached hydrogens (primary N) is 1. The molecule has 5 fully saturated rings. The quantitative estimate of drug-likeness (QED) is 0.0276. The van der Waals surface area contributed by atoms with E-state index in [1.165, 1.54) is 30.6 Å². The number of guanidine groups is 2. The van der Waals surface area contributed by atoms with E-state index in [1.807, 2.05) is 30.3 Å². The highest BCUT2D eigenvalue weighted by Gasteiger charge is 2.54. The van der Waals surface area contributed by atoms with Crippen LogP contribution >= 0.6 is 0 Å². The molecule has 0 bridgehead atoms. The van der Waals surface area contributed by atoms with Gasteiger partial charge >= 0.3 is 0 Å². The molecule has 35 heteroatoms. The molecule has 4 amide bonds. The number of carbonyl (C=O) groups excluding carboxylic acids is 5. The average molecular weight is 1360 g/mol. The number of nitrogens with one attached hydrogen (secondary N) is 9. The molecule has 25 unspecified atom stereocenters. The lowest BCUT2D eigenvalue weighted by Crippen LogP contribution is -2.69. The van der Waals surface area contributed by atoms with Gasteiger partial charge in [0.25, 0.3) is 0 Å². The molecular weight excluding hydrogens is 1270 g/mol. The van der Waals surface area contributed by atoms with Gasteiger partial charge in [0.15, 0.2) is 24.4 Å². The average Bonchev–Trinajstić information content (AvgIpc) is 1.46. The second-order valence-corrected chi connectivity index (χ2v) is 23.7. The predicted molar refractivity (Wildman–Crippen MR) is 330 cm³/mol. The second kappa shape index (κ2) is 34.2. The highest BCUT2D eigenvalue weighted by Crippen LogP contribution is 2.32. The number of benzene rings is 3. The fourth-order valence-corrected chi connectivity index (χ4v) is 11.5. The van der Waals surface area contributed by atoms with Gasteiger partial charge in [-0.1, -0.05) is 91.9 Å². The van der Waals surface area contributed by atoms with Gasteiger partial charge in [0.05, 0.1) is 51.2 Å². The zero-order valence-corrected chi connectivity index (χ0v) is 51.7. The summed E-state index contributed by atoms with van der Waals surface area (Å²) in [6.45, 7) is -2.04. The number of aliphatic hydroxyl groups is 13. The third-order valence-electron chi connectivity index (χ3n) is 17.2. The SMILES string of the molecule is CC(c1ccccc1)C(N)C(=O)NC(Cc1ccc(OC2OC(CO)C(OC3OC(COC/C=C/c4ccccc4)C(O)C(O)C3O)C(O)C2O)cc1)C(=O)NC(C(=O)NC(C(=O)NC([C]=O)CO)C(O)C1CNC(=N)N1C1OC(CO)C(O)C(O)C1O)C(O)C1CNC(=N)N1. The maximum Gasteiger partial charge on any atom is 0.246 e. The molecule has 0 saturated carbocycles. The van der Waals surface area contributed by atoms with Crippen molar-refractivity contribution in [2.45, 2.75) is 166 Å². The molecule has 3 aromatic rings. The summed E-state index contributed by atoms with van der Waals surface area (Å²) < 4.78 is 34.6. The molecule has 96 heavy (non-hydrogen) atoms. The van der Waals surface area contributed by atoms with Crippen molar-refractivity contribution in [1.29, 1.82) is 10.8 Å². The largest absolute Gasteiger partial charge is 0.462 e. The van der Waals surface area contributed by atoms with Gasteiger partial charge in [0.1, 0.15) is 115 Å². The number of nitrogens with zero attached hydrogens (tertiary/aromatic N) is 1. The van der Waals surface area contributed by atoms with E-state index >= 15 is 0 Å². The first-order valence-corrected chi connectivity index (χ1v) is 30.8. The Hall–Kier alpha value is -7.47. The van der Waals surface area contributed by atoms with Crippen molar-refractivity contribution in [3.63, 3.8) is 0 Å². The van der Waals surface area contributed by atoms with Crippen LogP contribution in [0.2, 0.25) is 0 Å². The molecule has 527 valence electrons. The van der Waals surface area contributed by atoms with Crippen molar-refractivity contribution in [2.24, 2.45) is 5.73 Å². The molecule has 1 radical (unpaired) electrons. The van der Waals surface area contributed by atoms with E-state index in [2.05, 4.69) is 37.2 Å². The number of aliphatic hydroxyl groups excluding tert-OH is 13. The minimum absolute atomic E-state index is 0.0406. The number of amides is 4. The van der Waals surface area contributed by atoms with E-state index in [-0.39, 0.29) is 37.0 Å². The van der Waals surface area contributed by atoms with Crippen LogP contribution in [0.15, 0.2) is 91.0 Å². The number of carbonyl (C=O) groups is 4. The van der Waals surface area contributed by atoms with Crippen LogP contribution in [0.1, 0.15) is 29.5 Å². The molecule has 5 aliphatic rings. The molecule has 5 heterocycles. The lowest BCUT2D eigenvalue weighted by Gasteiger charge is -2.46. The minimum Gasteiger partial charge on any atom is -0.462 e. The van der Waals surface area contributed by atoms with Crippen LogP contribution in [-0.2, 0) is 54.1 Å². The van der Waals surface area contributed by atoms with Crippen LogP contribution in [0, 0.1) is 10.8 Å². The lowest BCUT2D eigenvalue weighted by molar-refractivity contribution is -0.353. The Morgan fingerprint density at radius 2 is 1.29 bits per heavy atom. The van der Waals surface area contributed by atoms with Gasteiger partial charge in [-0.05, 0) is 28.8 Å². The number of hydrogen-bond donors (Lipinski definition) is 23. The van der Waals surface area contributed by atoms with Gasteiger partial charge in [-0.25, -0.2) is 0 Å². The van der Waals surface area contributed by atoms with E-state index in [0.717, 1.165) is 10.5 Å². The maximum atomic E-state index is 14.9. The summed E-state index contributed by atoms with van der Waals surface area (Å²) in [5.41, 5.74) is 8.32. The maximum absolute atomic E-state index is 14.9. The lowest BCUT2D eigenvalue weighted by atomic mass is 9.93. The summed E-state index contributed by atoms with van der Waals surface area (Å²) in [4.78, 5) is 70.8. The topological polar surface area (TPSA) is 565 Å². The van der Waals surface area contributed by atoms with E-state index in [0.29, 0.717) is 5.56 Å². The van der Waals surface area contributed by atoms with Crippen LogP contribution in [0.5, 0.6) is 5.75 Å². The zero-order valence-electron chi connectivity index (χ0n) is 51.7. The predicted octanol–water partition coefficient (Wildman–Crippen LogP) is -9.63. The van der Waals surface area contributed by atoms with Crippen molar-refractivity contribution in [1.82, 2.24) is 42.1 Å². The third kappa shape index (κ3) is 17.8. The Morgan fingerprint density at radius 3 is 1.93 bits per heavy atom. The van der Waals surface area contributed by atoms with E-state index in [4.69, 9.17) is 45.0 Å². The van der Waals surface area contributed by atoms with Crippen LogP contribution in [-0.4, -0.2) is 306 Å². The van der Waals surface area contributed by atoms with E-state index < -0.39 is 215 Å². The zero-order chi connectivity index (χ0) is 69.7. The van der Waals surface area contributed by atoms with E-state index in [9.17, 15) is 90.4 Å². The van der Waals surface area contributed by atoms with Gasteiger partial charge in [0, 0.05) is 25.4 Å². The molecule has 0 spiro atoms. The Bertz CT molecular complexity index is 3100. The molecule has 8 rings (SSSR count). The third-order valence-corrected chi connectivity index (χ3v) is 17.2. The molecule has 0 aromatic heterocycles. The van der Waals surface area contributed by atoms with Crippen LogP contribution in [0.3, 0.4) is 0 Å². The molecule has 25 atom stereocenters. The summed E-state index contributed by atoms with van der Waals surface area (Å²) in [5.74, 6) is -6.52. The van der Waals surface area contributed by atoms with Gasteiger partial charge in [-0.3, -0.25) is 34.8 Å². The smallest absolute Gasteiger partial charge is 0.246 e. The molecule has 0 aliphatic carbocycles. The van der Waals surface area contributed by atoms with Crippen molar-refractivity contribution in [2.75, 3.05) is 46.1 Å². The number of hydrogen-bond acceptors (Lipinski definition) is 27. The van der Waals surface area contributed by atoms with Gasteiger partial charge in [-0.15, -0.1) is 0 Å². The van der Waals surface area contributed by atoms with Gasteiger partial charge in [-0.2, -0.15) is 0 Å². The Balaban J connectivity index is 1.01. The van der Waals surface area contributed by atoms with Crippen LogP contribution in [0.25, 0.3) is 6.08 Å². The summed E-state index contributed by atoms with van der Waals surface area (Å²) >= 11 is 0. The van der Waals surface area contributed by atoms with Crippen molar-refractivity contribution >= 4 is 47.9 Å². The standard InChI is InChI=1S/C61H84N11O24/c1-27(30-12-6-3-7-13-30)39(62)54(88)68-33(19-29-14-16-32(17-15-29)92-58-51(86)48(83)52(37(25-76)94-58)96-59-50(85)47(82)45(80)38(95-59)26-91-18-8-11-28-9-4-2-5-10-28)53(87)70-40(42(77)34-20-65-60(63)69-34)56(90)71-41(55(89)67-31(22-73)23-74)43(78)35-21-66-61(64)72(35)57-49(84)46(81)44(79)36(24-75)93-57/h2-17,27,31,33-52,57-59,73,75-86H,18-22,24-26,62H2,1H3,(H2,64,66)(H,67,89)(H,68,88)(H,70,87)(H,71,90)(H3,63,65,69)/b11-8+. The molecular formula is C61H84N11O24. The summed E-state index contributed by atoms with van der Waals surface area (Å²) in [7, 11) is 0. The second-order valence-electron chi connectivity index (χ2n) is 23.7. The number of ether oxygens (including phenoxy) is 6. The molecule has 3 aromatic carbocycles. The normalized spacial score (nSPS) is 31.6. The summed E-state index contributed by atoms with van der Waals surface area (Å²) in [6.07, 6.45) is -26.1.